The molecule has 0 spiro atoms. The lowest BCUT2D eigenvalue weighted by Crippen LogP contribution is -2.28. The van der Waals surface area contributed by atoms with Gasteiger partial charge in [0.2, 0.25) is 0 Å². The third kappa shape index (κ3) is 3.23. The number of furan rings is 1. The number of carbonyl (C=O) groups excluding carboxylic acids is 1. The third-order valence-corrected chi connectivity index (χ3v) is 4.59. The number of phenolic OH excluding ortho intramolecular Hbond substituents is 1. The Morgan fingerprint density at radius 2 is 2.08 bits per heavy atom. The molecule has 3 rings (SSSR count). The summed E-state index contributed by atoms with van der Waals surface area (Å²) >= 11 is 1.28. The molecule has 0 radical (unpaired) electrons. The van der Waals surface area contributed by atoms with E-state index >= 15 is 0 Å². The average Bonchev–Trinajstić information content (AvgIpc) is 3.06. The number of phenols is 1. The smallest absolute Gasteiger partial charge is 0.266 e. The van der Waals surface area contributed by atoms with E-state index in [9.17, 15) is 9.90 Å². The first-order chi connectivity index (χ1) is 11.5. The average molecular weight is 342 g/mol. The highest BCUT2D eigenvalue weighted by Gasteiger charge is 2.32. The van der Waals surface area contributed by atoms with Gasteiger partial charge in [-0.05, 0) is 62.4 Å². The highest BCUT2D eigenvalue weighted by molar-refractivity contribution is 8.18. The van der Waals surface area contributed by atoms with Crippen LogP contribution in [0.1, 0.15) is 24.0 Å². The number of likely N-dealkylation sites (N-methyl/N-ethyl adjacent to an activating group) is 1. The molecule has 1 fully saturated rings. The first kappa shape index (κ1) is 16.4. The van der Waals surface area contributed by atoms with Crippen LogP contribution in [0.15, 0.2) is 44.6 Å². The normalized spacial score (nSPS) is 18.1. The Morgan fingerprint density at radius 1 is 1.29 bits per heavy atom. The summed E-state index contributed by atoms with van der Waals surface area (Å²) in [5.74, 6) is 1.43. The number of nitrogens with zero attached hydrogens (tertiary/aromatic N) is 2. The number of aromatic hydroxyl groups is 1. The van der Waals surface area contributed by atoms with Crippen LogP contribution in [0.4, 0.5) is 5.69 Å². The van der Waals surface area contributed by atoms with E-state index in [0.717, 1.165) is 11.3 Å². The van der Waals surface area contributed by atoms with Crippen LogP contribution in [-0.2, 0) is 4.79 Å². The minimum atomic E-state index is -0.109. The van der Waals surface area contributed by atoms with Gasteiger partial charge in [0, 0.05) is 12.6 Å². The van der Waals surface area contributed by atoms with Crippen molar-refractivity contribution in [3.05, 3.63) is 52.3 Å². The molecule has 124 valence electrons. The number of hydrogen-bond donors (Lipinski definition) is 1. The summed E-state index contributed by atoms with van der Waals surface area (Å²) in [7, 11) is 0. The molecule has 0 unspecified atom stereocenters. The molecule has 1 aromatic heterocycles. The number of amides is 1. The number of thioether (sulfide) groups is 1. The highest BCUT2D eigenvalue weighted by Crippen LogP contribution is 2.36. The van der Waals surface area contributed by atoms with Crippen molar-refractivity contribution in [1.29, 1.82) is 0 Å². The van der Waals surface area contributed by atoms with E-state index < -0.39 is 0 Å². The molecule has 24 heavy (non-hydrogen) atoms. The van der Waals surface area contributed by atoms with Crippen molar-refractivity contribution in [2.24, 2.45) is 4.99 Å². The Morgan fingerprint density at radius 3 is 2.71 bits per heavy atom. The Balaban J connectivity index is 1.95. The van der Waals surface area contributed by atoms with Crippen LogP contribution in [-0.4, -0.2) is 27.6 Å². The lowest BCUT2D eigenvalue weighted by molar-refractivity contribution is -0.122. The van der Waals surface area contributed by atoms with E-state index in [-0.39, 0.29) is 11.7 Å². The van der Waals surface area contributed by atoms with Crippen LogP contribution < -0.4 is 0 Å². The first-order valence-electron chi connectivity index (χ1n) is 7.64. The Kier molecular flexibility index (Phi) is 4.49. The quantitative estimate of drug-likeness (QED) is 0.848. The summed E-state index contributed by atoms with van der Waals surface area (Å²) in [6, 6.07) is 8.95. The zero-order valence-corrected chi connectivity index (χ0v) is 14.6. The molecule has 2 heterocycles. The lowest BCUT2D eigenvalue weighted by Gasteiger charge is -2.12. The largest absolute Gasteiger partial charge is 0.506 e. The Bertz CT molecular complexity index is 852. The van der Waals surface area contributed by atoms with E-state index in [2.05, 4.69) is 4.99 Å². The molecule has 5 nitrogen and oxygen atoms in total. The van der Waals surface area contributed by atoms with Gasteiger partial charge < -0.3 is 9.52 Å². The summed E-state index contributed by atoms with van der Waals surface area (Å²) in [5.41, 5.74) is 1.40. The highest BCUT2D eigenvalue weighted by atomic mass is 32.2. The molecule has 2 aromatic rings. The number of aliphatic imine (C=N–C) groups is 1. The van der Waals surface area contributed by atoms with Crippen molar-refractivity contribution in [2.45, 2.75) is 20.8 Å². The molecule has 0 bridgehead atoms. The number of aryl methyl sites for hydroxylation is 2. The van der Waals surface area contributed by atoms with E-state index in [1.54, 1.807) is 23.1 Å². The van der Waals surface area contributed by atoms with Gasteiger partial charge in [-0.1, -0.05) is 6.07 Å². The summed E-state index contributed by atoms with van der Waals surface area (Å²) in [5, 5.41) is 10.6. The van der Waals surface area contributed by atoms with Gasteiger partial charge >= 0.3 is 0 Å². The summed E-state index contributed by atoms with van der Waals surface area (Å²) in [6.07, 6.45) is 1.72. The van der Waals surface area contributed by atoms with Crippen LogP contribution >= 0.6 is 11.8 Å². The van der Waals surface area contributed by atoms with Gasteiger partial charge in [0.05, 0.1) is 4.91 Å². The fraction of sp³-hybridized carbons (Fsp3) is 0.222. The molecule has 0 saturated carbocycles. The Labute approximate surface area is 144 Å². The van der Waals surface area contributed by atoms with Crippen LogP contribution in [0, 0.1) is 13.8 Å². The maximum absolute atomic E-state index is 12.5. The molecule has 1 aliphatic heterocycles. The van der Waals surface area contributed by atoms with Crippen LogP contribution in [0.5, 0.6) is 5.75 Å². The van der Waals surface area contributed by atoms with E-state index in [4.69, 9.17) is 4.42 Å². The molecule has 1 aliphatic rings. The van der Waals surface area contributed by atoms with Crippen LogP contribution in [0.25, 0.3) is 6.08 Å². The summed E-state index contributed by atoms with van der Waals surface area (Å²) in [4.78, 5) is 19.1. The fourth-order valence-electron chi connectivity index (χ4n) is 2.36. The van der Waals surface area contributed by atoms with Crippen molar-refractivity contribution in [2.75, 3.05) is 6.54 Å². The third-order valence-electron chi connectivity index (χ3n) is 3.59. The predicted octanol–water partition coefficient (Wildman–Crippen LogP) is 4.23. The van der Waals surface area contributed by atoms with Gasteiger partial charge in [0.1, 0.15) is 23.0 Å². The Hall–Kier alpha value is -2.47. The van der Waals surface area contributed by atoms with Gasteiger partial charge in [-0.25, -0.2) is 4.99 Å². The second-order valence-corrected chi connectivity index (χ2v) is 6.50. The molecule has 6 heteroatoms. The minimum absolute atomic E-state index is 0.102. The summed E-state index contributed by atoms with van der Waals surface area (Å²) < 4.78 is 5.51. The van der Waals surface area contributed by atoms with Gasteiger partial charge in [0.25, 0.3) is 5.91 Å². The predicted molar refractivity (Wildman–Crippen MR) is 96.3 cm³/mol. The number of amidine groups is 1. The molecule has 1 saturated heterocycles. The van der Waals surface area contributed by atoms with Crippen LogP contribution in [0.3, 0.4) is 0 Å². The lowest BCUT2D eigenvalue weighted by atomic mass is 10.2. The second kappa shape index (κ2) is 6.57. The van der Waals surface area contributed by atoms with Gasteiger partial charge in [-0.3, -0.25) is 9.69 Å². The maximum Gasteiger partial charge on any atom is 0.266 e. The number of rotatable bonds is 3. The van der Waals surface area contributed by atoms with Gasteiger partial charge in [-0.15, -0.1) is 0 Å². The van der Waals surface area contributed by atoms with Crippen molar-refractivity contribution < 1.29 is 14.3 Å². The van der Waals surface area contributed by atoms with Crippen molar-refractivity contribution in [1.82, 2.24) is 4.90 Å². The topological polar surface area (TPSA) is 66.0 Å². The standard InChI is InChI=1S/C18H18N2O3S/c1-4-20-17(22)16(10-13-7-6-12(3)23-13)24-18(20)19-14-8-5-11(2)9-15(14)21/h5-10,21H,4H2,1-3H3/b16-10-,19-18?. The van der Waals surface area contributed by atoms with Crippen molar-refractivity contribution in [3.63, 3.8) is 0 Å². The zero-order chi connectivity index (χ0) is 17.3. The SMILES string of the molecule is CCN1C(=O)/C(=C/c2ccc(C)o2)SC1=Nc1ccc(C)cc1O. The zero-order valence-electron chi connectivity index (χ0n) is 13.7. The van der Waals surface area contributed by atoms with Crippen molar-refractivity contribution in [3.8, 4) is 5.75 Å². The number of hydrogen-bond acceptors (Lipinski definition) is 5. The summed E-state index contributed by atoms with van der Waals surface area (Å²) in [6.45, 7) is 6.15. The molecule has 0 aliphatic carbocycles. The molecule has 0 atom stereocenters. The maximum atomic E-state index is 12.5. The molecular formula is C18H18N2O3S. The van der Waals surface area contributed by atoms with E-state index in [0.29, 0.717) is 28.1 Å². The van der Waals surface area contributed by atoms with Gasteiger partial charge in [-0.2, -0.15) is 0 Å². The minimum Gasteiger partial charge on any atom is -0.506 e. The van der Waals surface area contributed by atoms with Crippen molar-refractivity contribution >= 4 is 34.6 Å². The first-order valence-corrected chi connectivity index (χ1v) is 8.45. The van der Waals surface area contributed by atoms with Gasteiger partial charge in [0.15, 0.2) is 5.17 Å². The van der Waals surface area contributed by atoms with E-state index in [1.165, 1.54) is 11.8 Å². The molecule has 1 amide bonds. The van der Waals surface area contributed by atoms with Crippen LogP contribution in [0.2, 0.25) is 0 Å². The number of benzene rings is 1. The monoisotopic (exact) mass is 342 g/mol. The fourth-order valence-corrected chi connectivity index (χ4v) is 3.40. The molecule has 1 aromatic carbocycles. The van der Waals surface area contributed by atoms with E-state index in [1.807, 2.05) is 39.0 Å². The number of carbonyl (C=O) groups is 1. The second-order valence-electron chi connectivity index (χ2n) is 5.50. The molecular weight excluding hydrogens is 324 g/mol. The molecule has 1 N–H and O–H groups in total.